The SMILES string of the molecule is C=C/C(=C\C(=C)C)C(=O)N(C)C. The van der Waals surface area contributed by atoms with Crippen LogP contribution in [0.3, 0.4) is 0 Å². The number of amides is 1. The van der Waals surface area contributed by atoms with E-state index in [1.165, 1.54) is 11.0 Å². The Morgan fingerprint density at radius 3 is 2.17 bits per heavy atom. The van der Waals surface area contributed by atoms with Crippen LogP contribution in [0.5, 0.6) is 0 Å². The lowest BCUT2D eigenvalue weighted by Crippen LogP contribution is -2.22. The summed E-state index contributed by atoms with van der Waals surface area (Å²) in [6, 6.07) is 0. The standard InChI is InChI=1S/C10H15NO/c1-6-9(7-8(2)3)10(12)11(4)5/h6-7H,1-2H2,3-5H3/b9-7+. The summed E-state index contributed by atoms with van der Waals surface area (Å²) >= 11 is 0. The van der Waals surface area contributed by atoms with Crippen LogP contribution in [0.4, 0.5) is 0 Å². The van der Waals surface area contributed by atoms with Crippen molar-refractivity contribution >= 4 is 5.91 Å². The minimum atomic E-state index is -0.0481. The van der Waals surface area contributed by atoms with Gasteiger partial charge in [0.25, 0.3) is 5.91 Å². The molecule has 0 spiro atoms. The minimum absolute atomic E-state index is 0.0481. The first-order valence-electron chi connectivity index (χ1n) is 3.70. The Labute approximate surface area is 73.9 Å². The molecule has 66 valence electrons. The van der Waals surface area contributed by atoms with Crippen LogP contribution < -0.4 is 0 Å². The summed E-state index contributed by atoms with van der Waals surface area (Å²) in [7, 11) is 3.41. The maximum atomic E-state index is 11.4. The van der Waals surface area contributed by atoms with Crippen molar-refractivity contribution in [3.63, 3.8) is 0 Å². The Bertz CT molecular complexity index is 236. The van der Waals surface area contributed by atoms with Crippen molar-refractivity contribution in [2.45, 2.75) is 6.92 Å². The molecule has 0 bridgehead atoms. The molecule has 2 nitrogen and oxygen atoms in total. The summed E-state index contributed by atoms with van der Waals surface area (Å²) in [5, 5.41) is 0. The molecule has 0 aromatic heterocycles. The van der Waals surface area contributed by atoms with Gasteiger partial charge in [-0.05, 0) is 13.0 Å². The lowest BCUT2D eigenvalue weighted by molar-refractivity contribution is -0.124. The molecule has 0 aliphatic carbocycles. The molecule has 0 saturated heterocycles. The van der Waals surface area contributed by atoms with Gasteiger partial charge in [-0.25, -0.2) is 0 Å². The second-order valence-electron chi connectivity index (χ2n) is 2.85. The zero-order valence-electron chi connectivity index (χ0n) is 7.92. The van der Waals surface area contributed by atoms with E-state index in [4.69, 9.17) is 0 Å². The van der Waals surface area contributed by atoms with Gasteiger partial charge >= 0.3 is 0 Å². The molecule has 0 fully saturated rings. The average Bonchev–Trinajstić information content (AvgIpc) is 1.98. The van der Waals surface area contributed by atoms with Gasteiger partial charge in [0.1, 0.15) is 0 Å². The molecule has 2 heteroatoms. The van der Waals surface area contributed by atoms with Crippen molar-refractivity contribution < 1.29 is 4.79 Å². The van der Waals surface area contributed by atoms with E-state index in [-0.39, 0.29) is 5.91 Å². The second kappa shape index (κ2) is 4.54. The smallest absolute Gasteiger partial charge is 0.253 e. The third-order valence-corrected chi connectivity index (χ3v) is 1.27. The Morgan fingerprint density at radius 2 is 1.92 bits per heavy atom. The number of hydrogen-bond donors (Lipinski definition) is 0. The molecule has 0 heterocycles. The van der Waals surface area contributed by atoms with Crippen molar-refractivity contribution in [1.29, 1.82) is 0 Å². The van der Waals surface area contributed by atoms with Gasteiger partial charge in [-0.3, -0.25) is 4.79 Å². The van der Waals surface area contributed by atoms with Gasteiger partial charge < -0.3 is 4.90 Å². The van der Waals surface area contributed by atoms with Gasteiger partial charge in [0, 0.05) is 19.7 Å². The first kappa shape index (κ1) is 10.7. The molecule has 0 unspecified atom stereocenters. The van der Waals surface area contributed by atoms with Gasteiger partial charge in [-0.1, -0.05) is 24.8 Å². The Hall–Kier alpha value is -1.31. The van der Waals surface area contributed by atoms with Crippen LogP contribution in [-0.4, -0.2) is 24.9 Å². The number of hydrogen-bond acceptors (Lipinski definition) is 1. The zero-order chi connectivity index (χ0) is 9.72. The van der Waals surface area contributed by atoms with Crippen molar-refractivity contribution in [2.75, 3.05) is 14.1 Å². The van der Waals surface area contributed by atoms with Gasteiger partial charge in [0.05, 0.1) is 0 Å². The van der Waals surface area contributed by atoms with Crippen LogP contribution in [0, 0.1) is 0 Å². The number of rotatable bonds is 3. The third-order valence-electron chi connectivity index (χ3n) is 1.27. The summed E-state index contributed by atoms with van der Waals surface area (Å²) in [5.74, 6) is -0.0481. The number of carbonyl (C=O) groups excluding carboxylic acids is 1. The Morgan fingerprint density at radius 1 is 1.42 bits per heavy atom. The predicted molar refractivity (Wildman–Crippen MR) is 51.8 cm³/mol. The molecular weight excluding hydrogens is 150 g/mol. The molecule has 0 aromatic carbocycles. The highest BCUT2D eigenvalue weighted by atomic mass is 16.2. The fraction of sp³-hybridized carbons (Fsp3) is 0.300. The van der Waals surface area contributed by atoms with E-state index in [9.17, 15) is 4.79 Å². The maximum Gasteiger partial charge on any atom is 0.253 e. The van der Waals surface area contributed by atoms with Crippen LogP contribution in [-0.2, 0) is 4.79 Å². The number of carbonyl (C=O) groups is 1. The fourth-order valence-electron chi connectivity index (χ4n) is 0.732. The summed E-state index contributed by atoms with van der Waals surface area (Å²) in [4.78, 5) is 12.9. The highest BCUT2D eigenvalue weighted by molar-refractivity contribution is 5.96. The summed E-state index contributed by atoms with van der Waals surface area (Å²) in [6.45, 7) is 9.09. The van der Waals surface area contributed by atoms with E-state index in [1.807, 2.05) is 6.92 Å². The Kier molecular flexibility index (Phi) is 4.05. The van der Waals surface area contributed by atoms with E-state index in [0.29, 0.717) is 5.57 Å². The van der Waals surface area contributed by atoms with Gasteiger partial charge in [0.15, 0.2) is 0 Å². The predicted octanol–water partition coefficient (Wildman–Crippen LogP) is 1.76. The van der Waals surface area contributed by atoms with E-state index in [1.54, 1.807) is 20.2 Å². The molecule has 0 rings (SSSR count). The van der Waals surface area contributed by atoms with E-state index < -0.39 is 0 Å². The minimum Gasteiger partial charge on any atom is -0.345 e. The van der Waals surface area contributed by atoms with Gasteiger partial charge in [-0.15, -0.1) is 0 Å². The van der Waals surface area contributed by atoms with Gasteiger partial charge in [0.2, 0.25) is 0 Å². The number of nitrogens with zero attached hydrogens (tertiary/aromatic N) is 1. The van der Waals surface area contributed by atoms with Crippen LogP contribution in [0.25, 0.3) is 0 Å². The first-order valence-corrected chi connectivity index (χ1v) is 3.70. The largest absolute Gasteiger partial charge is 0.345 e. The molecular formula is C10H15NO. The van der Waals surface area contributed by atoms with E-state index >= 15 is 0 Å². The molecule has 0 aromatic rings. The van der Waals surface area contributed by atoms with Crippen LogP contribution in [0.1, 0.15) is 6.92 Å². The number of allylic oxidation sites excluding steroid dienone is 2. The maximum absolute atomic E-state index is 11.4. The number of likely N-dealkylation sites (N-methyl/N-ethyl adjacent to an activating group) is 1. The van der Waals surface area contributed by atoms with Gasteiger partial charge in [-0.2, -0.15) is 0 Å². The molecule has 0 radical (unpaired) electrons. The normalized spacial score (nSPS) is 10.8. The Balaban J connectivity index is 4.68. The van der Waals surface area contributed by atoms with E-state index in [2.05, 4.69) is 13.2 Å². The highest BCUT2D eigenvalue weighted by Crippen LogP contribution is 2.03. The lowest BCUT2D eigenvalue weighted by atomic mass is 10.1. The third kappa shape index (κ3) is 3.19. The fourth-order valence-corrected chi connectivity index (χ4v) is 0.732. The van der Waals surface area contributed by atoms with Crippen LogP contribution in [0.2, 0.25) is 0 Å². The second-order valence-corrected chi connectivity index (χ2v) is 2.85. The molecule has 1 amide bonds. The highest BCUT2D eigenvalue weighted by Gasteiger charge is 2.06. The van der Waals surface area contributed by atoms with Crippen molar-refractivity contribution in [3.05, 3.63) is 36.5 Å². The van der Waals surface area contributed by atoms with Crippen LogP contribution in [0.15, 0.2) is 36.5 Å². The van der Waals surface area contributed by atoms with Crippen LogP contribution >= 0.6 is 0 Å². The summed E-state index contributed by atoms with van der Waals surface area (Å²) in [6.07, 6.45) is 3.26. The lowest BCUT2D eigenvalue weighted by Gasteiger charge is -2.10. The molecule has 0 saturated carbocycles. The zero-order valence-corrected chi connectivity index (χ0v) is 7.92. The molecule has 0 aliphatic heterocycles. The molecule has 0 atom stereocenters. The molecule has 12 heavy (non-hydrogen) atoms. The van der Waals surface area contributed by atoms with E-state index in [0.717, 1.165) is 5.57 Å². The van der Waals surface area contributed by atoms with Crippen molar-refractivity contribution in [3.8, 4) is 0 Å². The molecule has 0 aliphatic rings. The molecule has 0 N–H and O–H groups in total. The first-order chi connectivity index (χ1) is 5.49. The average molecular weight is 165 g/mol. The summed E-state index contributed by atoms with van der Waals surface area (Å²) in [5.41, 5.74) is 1.42. The van der Waals surface area contributed by atoms with Crippen molar-refractivity contribution in [1.82, 2.24) is 4.90 Å². The summed E-state index contributed by atoms with van der Waals surface area (Å²) < 4.78 is 0. The van der Waals surface area contributed by atoms with Crippen molar-refractivity contribution in [2.24, 2.45) is 0 Å². The quantitative estimate of drug-likeness (QED) is 0.461. The topological polar surface area (TPSA) is 20.3 Å². The monoisotopic (exact) mass is 165 g/mol.